The molecule has 8 heteroatoms. The number of benzene rings is 2. The minimum Gasteiger partial charge on any atom is -0.465 e. The van der Waals surface area contributed by atoms with Gasteiger partial charge in [-0.1, -0.05) is 19.1 Å². The van der Waals surface area contributed by atoms with Gasteiger partial charge in [-0.2, -0.15) is 0 Å². The standard InChI is InChI=1S/C22H28N2O5S/c1-7-20(24(30(6,27)28)17-12-14(2)11-15(3)13-17)21(25)23-19-10-8-9-18(16(19)4)22(26)29-5/h8-13,20H,7H2,1-6H3,(H,23,25)/t20-/m1/s1. The summed E-state index contributed by atoms with van der Waals surface area (Å²) in [7, 11) is -2.45. The predicted octanol–water partition coefficient (Wildman–Crippen LogP) is 3.58. The fourth-order valence-electron chi connectivity index (χ4n) is 3.46. The van der Waals surface area contributed by atoms with Gasteiger partial charge in [0, 0.05) is 5.69 Å². The van der Waals surface area contributed by atoms with E-state index in [4.69, 9.17) is 4.74 Å². The first-order chi connectivity index (χ1) is 14.0. The molecule has 0 aliphatic heterocycles. The number of ether oxygens (including phenoxy) is 1. The van der Waals surface area contributed by atoms with Crippen molar-refractivity contribution >= 4 is 33.3 Å². The van der Waals surface area contributed by atoms with Crippen LogP contribution in [0.4, 0.5) is 11.4 Å². The van der Waals surface area contributed by atoms with E-state index in [9.17, 15) is 18.0 Å². The molecule has 1 amide bonds. The molecule has 1 atom stereocenters. The Hall–Kier alpha value is -2.87. The van der Waals surface area contributed by atoms with Crippen LogP contribution in [0.1, 0.15) is 40.4 Å². The molecule has 1 N–H and O–H groups in total. The first kappa shape index (κ1) is 23.4. The number of nitrogens with one attached hydrogen (secondary N) is 1. The number of hydrogen-bond donors (Lipinski definition) is 1. The summed E-state index contributed by atoms with van der Waals surface area (Å²) in [6.07, 6.45) is 1.35. The largest absolute Gasteiger partial charge is 0.465 e. The van der Waals surface area contributed by atoms with Gasteiger partial charge in [0.05, 0.1) is 24.6 Å². The van der Waals surface area contributed by atoms with Gasteiger partial charge in [-0.05, 0) is 68.1 Å². The summed E-state index contributed by atoms with van der Waals surface area (Å²) in [5, 5.41) is 2.78. The van der Waals surface area contributed by atoms with E-state index in [0.29, 0.717) is 22.5 Å². The van der Waals surface area contributed by atoms with Gasteiger partial charge in [0.25, 0.3) is 0 Å². The van der Waals surface area contributed by atoms with E-state index in [-0.39, 0.29) is 6.42 Å². The molecule has 0 heterocycles. The molecule has 0 fully saturated rings. The molecule has 0 aromatic heterocycles. The summed E-state index contributed by atoms with van der Waals surface area (Å²) < 4.78 is 31.2. The van der Waals surface area contributed by atoms with Crippen LogP contribution in [0.3, 0.4) is 0 Å². The van der Waals surface area contributed by atoms with Gasteiger partial charge in [0.1, 0.15) is 6.04 Å². The molecule has 0 spiro atoms. The summed E-state index contributed by atoms with van der Waals surface area (Å²) in [4.78, 5) is 25.1. The average molecular weight is 433 g/mol. The Morgan fingerprint density at radius 3 is 2.20 bits per heavy atom. The molecule has 162 valence electrons. The number of hydrogen-bond acceptors (Lipinski definition) is 5. The highest BCUT2D eigenvalue weighted by atomic mass is 32.2. The minimum absolute atomic E-state index is 0.266. The third-order valence-electron chi connectivity index (χ3n) is 4.79. The quantitative estimate of drug-likeness (QED) is 0.675. The number of amides is 1. The van der Waals surface area contributed by atoms with Crippen molar-refractivity contribution < 1.29 is 22.7 Å². The molecule has 0 bridgehead atoms. The lowest BCUT2D eigenvalue weighted by molar-refractivity contribution is -0.117. The Kier molecular flexibility index (Phi) is 7.25. The van der Waals surface area contributed by atoms with Crippen LogP contribution in [0.5, 0.6) is 0 Å². The Morgan fingerprint density at radius 2 is 1.70 bits per heavy atom. The molecule has 0 unspecified atom stereocenters. The molecule has 30 heavy (non-hydrogen) atoms. The zero-order valence-corrected chi connectivity index (χ0v) is 19.0. The predicted molar refractivity (Wildman–Crippen MR) is 118 cm³/mol. The van der Waals surface area contributed by atoms with E-state index in [1.165, 1.54) is 7.11 Å². The normalized spacial score (nSPS) is 12.2. The highest BCUT2D eigenvalue weighted by molar-refractivity contribution is 7.92. The lowest BCUT2D eigenvalue weighted by Gasteiger charge is -2.30. The summed E-state index contributed by atoms with van der Waals surface area (Å²) >= 11 is 0. The minimum atomic E-state index is -3.74. The smallest absolute Gasteiger partial charge is 0.338 e. The van der Waals surface area contributed by atoms with Crippen molar-refractivity contribution in [2.75, 3.05) is 23.0 Å². The summed E-state index contributed by atoms with van der Waals surface area (Å²) in [6.45, 7) is 7.20. The van der Waals surface area contributed by atoms with E-state index in [2.05, 4.69) is 5.32 Å². The molecule has 2 aromatic rings. The van der Waals surface area contributed by atoms with E-state index in [1.54, 1.807) is 44.2 Å². The van der Waals surface area contributed by atoms with Crippen molar-refractivity contribution in [3.05, 3.63) is 58.7 Å². The fourth-order valence-corrected chi connectivity index (χ4v) is 4.65. The molecule has 2 rings (SSSR count). The number of esters is 1. The molecule has 0 aliphatic carbocycles. The molecule has 0 radical (unpaired) electrons. The number of nitrogens with zero attached hydrogens (tertiary/aromatic N) is 1. The Morgan fingerprint density at radius 1 is 1.10 bits per heavy atom. The number of anilines is 2. The maximum Gasteiger partial charge on any atom is 0.338 e. The van der Waals surface area contributed by atoms with Crippen molar-refractivity contribution in [1.82, 2.24) is 0 Å². The van der Waals surface area contributed by atoms with Gasteiger partial charge in [-0.15, -0.1) is 0 Å². The maximum absolute atomic E-state index is 13.1. The highest BCUT2D eigenvalue weighted by Gasteiger charge is 2.32. The number of aryl methyl sites for hydroxylation is 2. The van der Waals surface area contributed by atoms with Crippen molar-refractivity contribution in [2.24, 2.45) is 0 Å². The van der Waals surface area contributed by atoms with Crippen LogP contribution >= 0.6 is 0 Å². The van der Waals surface area contributed by atoms with Gasteiger partial charge in [0.2, 0.25) is 15.9 Å². The van der Waals surface area contributed by atoms with Crippen molar-refractivity contribution in [1.29, 1.82) is 0 Å². The monoisotopic (exact) mass is 432 g/mol. The lowest BCUT2D eigenvalue weighted by Crippen LogP contribution is -2.47. The second-order valence-corrected chi connectivity index (χ2v) is 9.15. The van der Waals surface area contributed by atoms with Gasteiger partial charge in [0.15, 0.2) is 0 Å². The number of carbonyl (C=O) groups is 2. The van der Waals surface area contributed by atoms with E-state index < -0.39 is 27.9 Å². The van der Waals surface area contributed by atoms with Crippen molar-refractivity contribution in [3.8, 4) is 0 Å². The Labute approximate surface area is 178 Å². The second-order valence-electron chi connectivity index (χ2n) is 7.29. The van der Waals surface area contributed by atoms with Gasteiger partial charge in [-0.3, -0.25) is 9.10 Å². The van der Waals surface area contributed by atoms with E-state index >= 15 is 0 Å². The third-order valence-corrected chi connectivity index (χ3v) is 5.97. The zero-order valence-electron chi connectivity index (χ0n) is 18.1. The average Bonchev–Trinajstić information content (AvgIpc) is 2.65. The molecule has 0 saturated heterocycles. The molecule has 7 nitrogen and oxygen atoms in total. The zero-order chi connectivity index (χ0) is 22.6. The topological polar surface area (TPSA) is 92.8 Å². The van der Waals surface area contributed by atoms with E-state index in [1.807, 2.05) is 19.9 Å². The molecule has 0 saturated carbocycles. The maximum atomic E-state index is 13.1. The summed E-state index contributed by atoms with van der Waals surface area (Å²) in [5.41, 5.74) is 3.54. The number of carbonyl (C=O) groups excluding carboxylic acids is 2. The van der Waals surface area contributed by atoms with Crippen molar-refractivity contribution in [2.45, 2.75) is 40.2 Å². The SMILES string of the molecule is CC[C@H](C(=O)Nc1cccc(C(=O)OC)c1C)N(c1cc(C)cc(C)c1)S(C)(=O)=O. The second kappa shape index (κ2) is 9.30. The molecular formula is C22H28N2O5S. The van der Waals surface area contributed by atoms with Crippen LogP contribution in [0.15, 0.2) is 36.4 Å². The van der Waals surface area contributed by atoms with Gasteiger partial charge >= 0.3 is 5.97 Å². The fraction of sp³-hybridized carbons (Fsp3) is 0.364. The van der Waals surface area contributed by atoms with Crippen LogP contribution in [0.2, 0.25) is 0 Å². The molecule has 0 aliphatic rings. The number of sulfonamides is 1. The van der Waals surface area contributed by atoms with Crippen LogP contribution < -0.4 is 9.62 Å². The first-order valence-corrected chi connectivity index (χ1v) is 11.4. The Balaban J connectivity index is 2.46. The Bertz CT molecular complexity index is 1040. The third kappa shape index (κ3) is 5.18. The van der Waals surface area contributed by atoms with E-state index in [0.717, 1.165) is 21.7 Å². The van der Waals surface area contributed by atoms with Gasteiger partial charge in [-0.25, -0.2) is 13.2 Å². The lowest BCUT2D eigenvalue weighted by atomic mass is 10.1. The van der Waals surface area contributed by atoms with Crippen LogP contribution in [-0.2, 0) is 19.6 Å². The van der Waals surface area contributed by atoms with Crippen molar-refractivity contribution in [3.63, 3.8) is 0 Å². The summed E-state index contributed by atoms with van der Waals surface area (Å²) in [6, 6.07) is 9.36. The highest BCUT2D eigenvalue weighted by Crippen LogP contribution is 2.27. The van der Waals surface area contributed by atoms with Crippen LogP contribution in [0, 0.1) is 20.8 Å². The molecule has 2 aromatic carbocycles. The van der Waals surface area contributed by atoms with Gasteiger partial charge < -0.3 is 10.1 Å². The number of rotatable bonds is 7. The van der Waals surface area contributed by atoms with Crippen LogP contribution in [0.25, 0.3) is 0 Å². The van der Waals surface area contributed by atoms with Crippen LogP contribution in [-0.4, -0.2) is 39.7 Å². The molecular weight excluding hydrogens is 404 g/mol. The number of methoxy groups -OCH3 is 1. The summed E-state index contributed by atoms with van der Waals surface area (Å²) in [5.74, 6) is -0.990. The first-order valence-electron chi connectivity index (χ1n) is 9.56.